The molecule has 0 amide bonds. The quantitative estimate of drug-likeness (QED) is 0.572. The van der Waals surface area contributed by atoms with E-state index in [9.17, 15) is 0 Å². The van der Waals surface area contributed by atoms with Gasteiger partial charge in [-0.25, -0.2) is 0 Å². The van der Waals surface area contributed by atoms with Gasteiger partial charge in [0.05, 0.1) is 21.8 Å². The Morgan fingerprint density at radius 3 is 3.30 bits per heavy atom. The van der Waals surface area contributed by atoms with Crippen molar-refractivity contribution in [2.45, 2.75) is 0 Å². The minimum Gasteiger partial charge on any atom is -0.283 e. The molecule has 0 radical (unpaired) electrons. The lowest BCUT2D eigenvalue weighted by Gasteiger charge is -2.16. The Balaban J connectivity index is 2.39. The molecule has 0 bridgehead atoms. The second-order valence-electron chi connectivity index (χ2n) is 2.08. The van der Waals surface area contributed by atoms with Crippen LogP contribution in [0.5, 0.6) is 0 Å². The van der Waals surface area contributed by atoms with E-state index in [4.69, 9.17) is 0 Å². The van der Waals surface area contributed by atoms with Gasteiger partial charge in [-0.3, -0.25) is 3.93 Å². The van der Waals surface area contributed by atoms with Crippen molar-refractivity contribution in [3.05, 3.63) is 35.0 Å². The topological polar surface area (TPSA) is 3.24 Å². The highest BCUT2D eigenvalue weighted by atomic mass is 79.9. The minimum atomic E-state index is 1.10. The number of thioether (sulfide) groups is 1. The van der Waals surface area contributed by atoms with Gasteiger partial charge in [0.15, 0.2) is 0 Å². The fourth-order valence-electron chi connectivity index (χ4n) is 0.997. The molecule has 0 fully saturated rings. The Bertz CT molecular complexity index is 242. The third kappa shape index (κ3) is 0.935. The van der Waals surface area contributed by atoms with Gasteiger partial charge in [-0.2, -0.15) is 0 Å². The van der Waals surface area contributed by atoms with E-state index in [0.717, 1.165) is 5.75 Å². The van der Waals surface area contributed by atoms with E-state index in [1.807, 2.05) is 28.0 Å². The first-order chi connectivity index (χ1) is 4.88. The first-order valence-corrected chi connectivity index (χ1v) is 4.74. The Kier molecular flexibility index (Phi) is 1.62. The molecule has 2 heterocycles. The van der Waals surface area contributed by atoms with Crippen molar-refractivity contribution in [3.63, 3.8) is 0 Å². The van der Waals surface area contributed by atoms with E-state index in [2.05, 4.69) is 28.3 Å². The van der Waals surface area contributed by atoms with Crippen LogP contribution in [0.1, 0.15) is 0 Å². The van der Waals surface area contributed by atoms with Gasteiger partial charge in [0.1, 0.15) is 0 Å². The SMILES string of the molecule is BrN1C=CC=C2SCC=C21. The average molecular weight is 216 g/mol. The molecule has 2 aliphatic rings. The van der Waals surface area contributed by atoms with Crippen molar-refractivity contribution >= 4 is 27.9 Å². The van der Waals surface area contributed by atoms with Gasteiger partial charge in [0.2, 0.25) is 0 Å². The van der Waals surface area contributed by atoms with E-state index < -0.39 is 0 Å². The molecule has 0 aliphatic carbocycles. The molecule has 2 rings (SSSR count). The second-order valence-corrected chi connectivity index (χ2v) is 3.91. The monoisotopic (exact) mass is 215 g/mol. The van der Waals surface area contributed by atoms with Crippen molar-refractivity contribution in [2.24, 2.45) is 0 Å². The Morgan fingerprint density at radius 1 is 1.60 bits per heavy atom. The molecular weight excluding hydrogens is 210 g/mol. The van der Waals surface area contributed by atoms with Crippen LogP contribution in [0.3, 0.4) is 0 Å². The molecule has 1 nitrogen and oxygen atoms in total. The summed E-state index contributed by atoms with van der Waals surface area (Å²) in [6, 6.07) is 0. The second kappa shape index (κ2) is 2.47. The Labute approximate surface area is 72.8 Å². The molecule has 0 saturated heterocycles. The van der Waals surface area contributed by atoms with Crippen molar-refractivity contribution in [2.75, 3.05) is 5.75 Å². The van der Waals surface area contributed by atoms with Crippen LogP contribution in [0.4, 0.5) is 0 Å². The molecule has 0 unspecified atom stereocenters. The highest BCUT2D eigenvalue weighted by molar-refractivity contribution is 9.07. The first kappa shape index (κ1) is 6.55. The number of hydrogen-bond donors (Lipinski definition) is 0. The third-order valence-corrected chi connectivity index (χ3v) is 3.07. The lowest BCUT2D eigenvalue weighted by atomic mass is 10.3. The van der Waals surface area contributed by atoms with Gasteiger partial charge >= 0.3 is 0 Å². The predicted molar refractivity (Wildman–Crippen MR) is 48.5 cm³/mol. The van der Waals surface area contributed by atoms with Crippen LogP contribution in [0.2, 0.25) is 0 Å². The largest absolute Gasteiger partial charge is 0.283 e. The highest BCUT2D eigenvalue weighted by Crippen LogP contribution is 2.37. The van der Waals surface area contributed by atoms with E-state index in [-0.39, 0.29) is 0 Å². The van der Waals surface area contributed by atoms with Gasteiger partial charge < -0.3 is 0 Å². The lowest BCUT2D eigenvalue weighted by Crippen LogP contribution is -2.03. The van der Waals surface area contributed by atoms with Crippen LogP contribution in [0.15, 0.2) is 35.0 Å². The molecule has 2 aliphatic heterocycles. The summed E-state index contributed by atoms with van der Waals surface area (Å²) in [5.74, 6) is 1.10. The van der Waals surface area contributed by atoms with Crippen LogP contribution in [-0.4, -0.2) is 9.68 Å². The maximum atomic E-state index is 3.42. The highest BCUT2D eigenvalue weighted by Gasteiger charge is 2.17. The average Bonchev–Trinajstić information content (AvgIpc) is 2.36. The number of allylic oxidation sites excluding steroid dienone is 2. The van der Waals surface area contributed by atoms with Gasteiger partial charge in [0.25, 0.3) is 0 Å². The zero-order valence-electron chi connectivity index (χ0n) is 5.25. The summed E-state index contributed by atoms with van der Waals surface area (Å²) in [6.45, 7) is 0. The molecule has 3 heteroatoms. The zero-order valence-corrected chi connectivity index (χ0v) is 7.65. The lowest BCUT2D eigenvalue weighted by molar-refractivity contribution is 0.814. The number of halogens is 1. The maximum Gasteiger partial charge on any atom is 0.0622 e. The van der Waals surface area contributed by atoms with Gasteiger partial charge in [-0.05, 0) is 18.2 Å². The fourth-order valence-corrected chi connectivity index (χ4v) is 2.51. The molecule has 0 spiro atoms. The van der Waals surface area contributed by atoms with Crippen molar-refractivity contribution < 1.29 is 0 Å². The van der Waals surface area contributed by atoms with Gasteiger partial charge in [0, 0.05) is 16.9 Å². The van der Waals surface area contributed by atoms with Crippen LogP contribution in [0.25, 0.3) is 0 Å². The molecule has 0 aromatic carbocycles. The van der Waals surface area contributed by atoms with E-state index in [1.165, 1.54) is 10.6 Å². The molecule has 0 saturated carbocycles. The van der Waals surface area contributed by atoms with E-state index in [1.54, 1.807) is 0 Å². The fraction of sp³-hybridized carbons (Fsp3) is 0.143. The number of rotatable bonds is 0. The van der Waals surface area contributed by atoms with Gasteiger partial charge in [-0.1, -0.05) is 0 Å². The first-order valence-electron chi connectivity index (χ1n) is 3.05. The summed E-state index contributed by atoms with van der Waals surface area (Å²) in [5.41, 5.74) is 1.28. The van der Waals surface area contributed by atoms with Crippen molar-refractivity contribution in [1.82, 2.24) is 3.93 Å². The van der Waals surface area contributed by atoms with Crippen molar-refractivity contribution in [3.8, 4) is 0 Å². The van der Waals surface area contributed by atoms with Gasteiger partial charge in [-0.15, -0.1) is 11.8 Å². The predicted octanol–water partition coefficient (Wildman–Crippen LogP) is 2.64. The Hall–Kier alpha value is -0.150. The molecule has 0 N–H and O–H groups in total. The minimum absolute atomic E-state index is 1.10. The summed E-state index contributed by atoms with van der Waals surface area (Å²) >= 11 is 5.29. The Morgan fingerprint density at radius 2 is 2.50 bits per heavy atom. The van der Waals surface area contributed by atoms with Crippen LogP contribution in [0, 0.1) is 0 Å². The molecule has 52 valence electrons. The summed E-state index contributed by atoms with van der Waals surface area (Å²) in [7, 11) is 0. The van der Waals surface area contributed by atoms with E-state index in [0.29, 0.717) is 0 Å². The molecule has 0 aromatic rings. The molecular formula is C7H6BrNS. The molecule has 0 atom stereocenters. The molecule has 0 aromatic heterocycles. The zero-order chi connectivity index (χ0) is 6.97. The van der Waals surface area contributed by atoms with Crippen LogP contribution in [-0.2, 0) is 0 Å². The normalized spacial score (nSPS) is 22.3. The third-order valence-electron chi connectivity index (χ3n) is 1.46. The number of fused-ring (bicyclic) bond motifs is 1. The van der Waals surface area contributed by atoms with Crippen LogP contribution < -0.4 is 0 Å². The number of hydrogen-bond acceptors (Lipinski definition) is 2. The summed E-state index contributed by atoms with van der Waals surface area (Å²) in [6.07, 6.45) is 8.40. The van der Waals surface area contributed by atoms with Crippen LogP contribution >= 0.6 is 27.9 Å². The summed E-state index contributed by atoms with van der Waals surface area (Å²) in [5, 5.41) is 0. The standard InChI is InChI=1S/C7H6BrNS/c8-9-4-1-2-7-6(9)3-5-10-7/h1-4H,5H2. The van der Waals surface area contributed by atoms with E-state index >= 15 is 0 Å². The number of nitrogens with zero attached hydrogens (tertiary/aromatic N) is 1. The summed E-state index contributed by atoms with van der Waals surface area (Å²) in [4.78, 5) is 1.36. The summed E-state index contributed by atoms with van der Waals surface area (Å²) < 4.78 is 1.97. The molecule has 10 heavy (non-hydrogen) atoms. The van der Waals surface area contributed by atoms with Crippen molar-refractivity contribution in [1.29, 1.82) is 0 Å². The smallest absolute Gasteiger partial charge is 0.0622 e. The maximum absolute atomic E-state index is 3.42.